The maximum Gasteiger partial charge on any atom is 0.273 e. The van der Waals surface area contributed by atoms with Gasteiger partial charge in [-0.3, -0.25) is 19.6 Å². The maximum atomic E-state index is 12.3. The lowest BCUT2D eigenvalue weighted by Gasteiger charge is -2.12. The van der Waals surface area contributed by atoms with Crippen LogP contribution in [0.25, 0.3) is 0 Å². The van der Waals surface area contributed by atoms with Gasteiger partial charge in [0.05, 0.1) is 22.6 Å². The highest BCUT2D eigenvalue weighted by atomic mass is 32.2. The van der Waals surface area contributed by atoms with Crippen molar-refractivity contribution in [3.05, 3.63) is 63.7 Å². The number of anilines is 2. The van der Waals surface area contributed by atoms with E-state index in [1.54, 1.807) is 19.1 Å². The van der Waals surface area contributed by atoms with Gasteiger partial charge >= 0.3 is 0 Å². The second-order valence-corrected chi connectivity index (χ2v) is 6.88. The Morgan fingerprint density at radius 2 is 1.75 bits per heavy atom. The molecular formula is C15H15N3O5S. The van der Waals surface area contributed by atoms with Crippen molar-refractivity contribution >= 4 is 33.0 Å². The molecule has 1 amide bonds. The third kappa shape index (κ3) is 4.29. The third-order valence-electron chi connectivity index (χ3n) is 3.14. The van der Waals surface area contributed by atoms with Crippen LogP contribution in [0.3, 0.4) is 0 Å². The van der Waals surface area contributed by atoms with Crippen LogP contribution in [0, 0.1) is 17.0 Å². The zero-order chi connectivity index (χ0) is 17.9. The van der Waals surface area contributed by atoms with Crippen LogP contribution in [0.15, 0.2) is 42.5 Å². The first-order valence-corrected chi connectivity index (χ1v) is 8.70. The summed E-state index contributed by atoms with van der Waals surface area (Å²) in [6.45, 7) is 1.57. The van der Waals surface area contributed by atoms with E-state index in [9.17, 15) is 23.3 Å². The lowest BCUT2D eigenvalue weighted by atomic mass is 10.1. The van der Waals surface area contributed by atoms with Crippen LogP contribution in [0.2, 0.25) is 0 Å². The molecule has 0 atom stereocenters. The number of sulfonamides is 1. The van der Waals surface area contributed by atoms with E-state index in [0.29, 0.717) is 5.56 Å². The summed E-state index contributed by atoms with van der Waals surface area (Å²) in [6.07, 6.45) is 0.995. The summed E-state index contributed by atoms with van der Waals surface area (Å²) in [4.78, 5) is 22.7. The Kier molecular flexibility index (Phi) is 4.84. The topological polar surface area (TPSA) is 118 Å². The van der Waals surface area contributed by atoms with E-state index >= 15 is 0 Å². The summed E-state index contributed by atoms with van der Waals surface area (Å²) >= 11 is 0. The summed E-state index contributed by atoms with van der Waals surface area (Å²) in [7, 11) is -3.51. The van der Waals surface area contributed by atoms with E-state index in [-0.39, 0.29) is 22.6 Å². The van der Waals surface area contributed by atoms with Crippen LogP contribution in [0.4, 0.5) is 17.1 Å². The Bertz CT molecular complexity index is 909. The summed E-state index contributed by atoms with van der Waals surface area (Å²) < 4.78 is 25.0. The fourth-order valence-corrected chi connectivity index (χ4v) is 2.60. The summed E-state index contributed by atoms with van der Waals surface area (Å²) in [6, 6.07) is 10.4. The van der Waals surface area contributed by atoms with Crippen molar-refractivity contribution < 1.29 is 18.1 Å². The molecule has 2 rings (SSSR count). The number of aryl methyl sites for hydroxylation is 1. The number of nitrogens with one attached hydrogen (secondary N) is 2. The van der Waals surface area contributed by atoms with Crippen LogP contribution < -0.4 is 10.0 Å². The van der Waals surface area contributed by atoms with Gasteiger partial charge < -0.3 is 5.32 Å². The number of hydrogen-bond donors (Lipinski definition) is 2. The molecule has 0 aliphatic heterocycles. The molecule has 0 spiro atoms. The fraction of sp³-hybridized carbons (Fsp3) is 0.133. The monoisotopic (exact) mass is 349 g/mol. The van der Waals surface area contributed by atoms with Crippen LogP contribution in [-0.4, -0.2) is 25.5 Å². The number of nitro benzene ring substituents is 1. The number of hydrogen-bond acceptors (Lipinski definition) is 5. The lowest BCUT2D eigenvalue weighted by molar-refractivity contribution is -0.385. The van der Waals surface area contributed by atoms with Crippen LogP contribution in [0.5, 0.6) is 0 Å². The minimum absolute atomic E-state index is 0.0986. The SMILES string of the molecule is Cc1ccc(C(=O)Nc2ccccc2NS(C)(=O)=O)cc1[N+](=O)[O-]. The van der Waals surface area contributed by atoms with Crippen LogP contribution >= 0.6 is 0 Å². The molecule has 0 heterocycles. The van der Waals surface area contributed by atoms with Gasteiger partial charge in [0.15, 0.2) is 0 Å². The van der Waals surface area contributed by atoms with Crippen LogP contribution in [0.1, 0.15) is 15.9 Å². The molecule has 0 aromatic heterocycles. The number of nitrogens with zero attached hydrogens (tertiary/aromatic N) is 1. The molecule has 0 radical (unpaired) electrons. The van der Waals surface area contributed by atoms with Crippen molar-refractivity contribution in [3.8, 4) is 0 Å². The third-order valence-corrected chi connectivity index (χ3v) is 3.73. The highest BCUT2D eigenvalue weighted by molar-refractivity contribution is 7.92. The zero-order valence-corrected chi connectivity index (χ0v) is 13.8. The van der Waals surface area contributed by atoms with Gasteiger partial charge in [0, 0.05) is 17.2 Å². The number of amides is 1. The summed E-state index contributed by atoms with van der Waals surface area (Å²) in [5.41, 5.74) is 0.827. The van der Waals surface area contributed by atoms with E-state index in [4.69, 9.17) is 0 Å². The average Bonchev–Trinajstić information content (AvgIpc) is 2.48. The highest BCUT2D eigenvalue weighted by Crippen LogP contribution is 2.24. The van der Waals surface area contributed by atoms with E-state index in [1.807, 2.05) is 0 Å². The first-order valence-electron chi connectivity index (χ1n) is 6.80. The molecule has 2 aromatic carbocycles. The molecule has 0 saturated heterocycles. The second-order valence-electron chi connectivity index (χ2n) is 5.13. The number of nitro groups is 1. The molecule has 0 aliphatic carbocycles. The lowest BCUT2D eigenvalue weighted by Crippen LogP contribution is -2.16. The standard InChI is InChI=1S/C15H15N3O5S/c1-10-7-8-11(9-14(10)18(20)21)15(19)16-12-5-3-4-6-13(12)17-24(2,22)23/h3-9,17H,1-2H3,(H,16,19). The number of carbonyl (C=O) groups excluding carboxylic acids is 1. The Morgan fingerprint density at radius 3 is 2.33 bits per heavy atom. The van der Waals surface area contributed by atoms with Crippen molar-refractivity contribution in [2.75, 3.05) is 16.3 Å². The van der Waals surface area contributed by atoms with Gasteiger partial charge in [-0.1, -0.05) is 18.2 Å². The van der Waals surface area contributed by atoms with Gasteiger partial charge in [-0.15, -0.1) is 0 Å². The molecule has 126 valence electrons. The largest absolute Gasteiger partial charge is 0.320 e. The van der Waals surface area contributed by atoms with Crippen molar-refractivity contribution in [1.29, 1.82) is 0 Å². The van der Waals surface area contributed by atoms with Crippen molar-refractivity contribution in [1.82, 2.24) is 0 Å². The molecule has 0 aliphatic rings. The molecule has 8 nitrogen and oxygen atoms in total. The molecule has 0 fully saturated rings. The van der Waals surface area contributed by atoms with Gasteiger partial charge in [-0.25, -0.2) is 8.42 Å². The molecule has 2 N–H and O–H groups in total. The molecule has 0 unspecified atom stereocenters. The summed E-state index contributed by atoms with van der Waals surface area (Å²) in [5.74, 6) is -0.583. The summed E-state index contributed by atoms with van der Waals surface area (Å²) in [5, 5.41) is 13.5. The molecule has 2 aromatic rings. The van der Waals surface area contributed by atoms with Gasteiger partial charge in [-0.05, 0) is 25.1 Å². The van der Waals surface area contributed by atoms with Gasteiger partial charge in [0.1, 0.15) is 0 Å². The van der Waals surface area contributed by atoms with Crippen LogP contribution in [-0.2, 0) is 10.0 Å². The van der Waals surface area contributed by atoms with Crippen molar-refractivity contribution in [2.24, 2.45) is 0 Å². The predicted octanol–water partition coefficient (Wildman–Crippen LogP) is 2.53. The fourth-order valence-electron chi connectivity index (χ4n) is 2.02. The minimum atomic E-state index is -3.51. The quantitative estimate of drug-likeness (QED) is 0.635. The zero-order valence-electron chi connectivity index (χ0n) is 12.9. The first kappa shape index (κ1) is 17.4. The van der Waals surface area contributed by atoms with Gasteiger partial charge in [0.2, 0.25) is 10.0 Å². The van der Waals surface area contributed by atoms with Gasteiger partial charge in [0.25, 0.3) is 11.6 Å². The minimum Gasteiger partial charge on any atom is -0.320 e. The van der Waals surface area contributed by atoms with E-state index < -0.39 is 20.9 Å². The Hall–Kier alpha value is -2.94. The molecule has 0 bridgehead atoms. The Labute approximate surface area is 138 Å². The first-order chi connectivity index (χ1) is 11.2. The average molecular weight is 349 g/mol. The molecule has 24 heavy (non-hydrogen) atoms. The van der Waals surface area contributed by atoms with Crippen molar-refractivity contribution in [3.63, 3.8) is 0 Å². The number of carbonyl (C=O) groups is 1. The second kappa shape index (κ2) is 6.67. The molecular weight excluding hydrogens is 334 g/mol. The number of rotatable bonds is 5. The van der Waals surface area contributed by atoms with E-state index in [0.717, 1.165) is 6.26 Å². The highest BCUT2D eigenvalue weighted by Gasteiger charge is 2.16. The van der Waals surface area contributed by atoms with E-state index in [2.05, 4.69) is 10.0 Å². The normalized spacial score (nSPS) is 10.9. The maximum absolute atomic E-state index is 12.3. The smallest absolute Gasteiger partial charge is 0.273 e. The number of para-hydroxylation sites is 2. The molecule has 9 heteroatoms. The van der Waals surface area contributed by atoms with Crippen molar-refractivity contribution in [2.45, 2.75) is 6.92 Å². The van der Waals surface area contributed by atoms with E-state index in [1.165, 1.54) is 30.3 Å². The Balaban J connectivity index is 2.31. The van der Waals surface area contributed by atoms with Gasteiger partial charge in [-0.2, -0.15) is 0 Å². The molecule has 0 saturated carbocycles. The number of benzene rings is 2. The Morgan fingerprint density at radius 1 is 1.12 bits per heavy atom. The predicted molar refractivity (Wildman–Crippen MR) is 90.7 cm³/mol.